The highest BCUT2D eigenvalue weighted by molar-refractivity contribution is 7.48. The molecule has 0 aliphatic heterocycles. The van der Waals surface area contributed by atoms with Crippen LogP contribution in [0.1, 0.15) is 72.1 Å². The summed E-state index contributed by atoms with van der Waals surface area (Å²) in [6.45, 7) is 6.45. The smallest absolute Gasteiger partial charge is 0.287 e. The van der Waals surface area contributed by atoms with E-state index in [1.165, 1.54) is 32.1 Å². The minimum atomic E-state index is -3.45. The SMILES string of the molecule is CCCC/C=C/[C@H](OP(=O)(OCC)OCC)C1CCCCC1. The number of allylic oxidation sites excluding steroid dienone is 1. The van der Waals surface area contributed by atoms with Crippen molar-refractivity contribution in [1.29, 1.82) is 0 Å². The van der Waals surface area contributed by atoms with E-state index in [1.54, 1.807) is 0 Å². The highest BCUT2D eigenvalue weighted by Gasteiger charge is 2.33. The van der Waals surface area contributed by atoms with Gasteiger partial charge in [-0.05, 0) is 39.0 Å². The predicted molar refractivity (Wildman–Crippen MR) is 91.0 cm³/mol. The van der Waals surface area contributed by atoms with Crippen molar-refractivity contribution < 1.29 is 18.1 Å². The van der Waals surface area contributed by atoms with Crippen molar-refractivity contribution in [3.8, 4) is 0 Å². The molecule has 0 aromatic carbocycles. The zero-order valence-corrected chi connectivity index (χ0v) is 15.4. The maximum absolute atomic E-state index is 12.7. The van der Waals surface area contributed by atoms with Gasteiger partial charge in [0.2, 0.25) is 0 Å². The van der Waals surface area contributed by atoms with E-state index in [-0.39, 0.29) is 6.10 Å². The lowest BCUT2D eigenvalue weighted by molar-refractivity contribution is 0.0669. The van der Waals surface area contributed by atoms with Crippen LogP contribution in [-0.2, 0) is 18.1 Å². The number of unbranched alkanes of at least 4 members (excludes halogenated alkanes) is 2. The summed E-state index contributed by atoms with van der Waals surface area (Å²) < 4.78 is 29.1. The average molecular weight is 332 g/mol. The molecule has 22 heavy (non-hydrogen) atoms. The molecule has 4 nitrogen and oxygen atoms in total. The lowest BCUT2D eigenvalue weighted by Crippen LogP contribution is -2.24. The van der Waals surface area contributed by atoms with Gasteiger partial charge in [-0.25, -0.2) is 4.57 Å². The van der Waals surface area contributed by atoms with Gasteiger partial charge in [0.1, 0.15) is 0 Å². The third kappa shape index (κ3) is 7.41. The summed E-state index contributed by atoms with van der Waals surface area (Å²) >= 11 is 0. The third-order valence-electron chi connectivity index (χ3n) is 3.99. The number of hydrogen-bond acceptors (Lipinski definition) is 4. The summed E-state index contributed by atoms with van der Waals surface area (Å²) in [7, 11) is -3.45. The molecule has 0 N–H and O–H groups in total. The minimum absolute atomic E-state index is 0.166. The Labute approximate surface area is 136 Å². The molecule has 1 atom stereocenters. The summed E-state index contributed by atoms with van der Waals surface area (Å²) in [4.78, 5) is 0. The molecule has 1 saturated carbocycles. The van der Waals surface area contributed by atoms with Crippen molar-refractivity contribution in [2.24, 2.45) is 5.92 Å². The second kappa shape index (κ2) is 11.4. The van der Waals surface area contributed by atoms with Crippen LogP contribution in [-0.4, -0.2) is 19.3 Å². The van der Waals surface area contributed by atoms with E-state index in [0.29, 0.717) is 19.1 Å². The molecule has 1 aliphatic carbocycles. The van der Waals surface area contributed by atoms with Gasteiger partial charge in [0.05, 0.1) is 19.3 Å². The fraction of sp³-hybridized carbons (Fsp3) is 0.882. The third-order valence-corrected chi connectivity index (χ3v) is 5.64. The van der Waals surface area contributed by atoms with Crippen LogP contribution in [0.5, 0.6) is 0 Å². The molecule has 0 heterocycles. The quantitative estimate of drug-likeness (QED) is 0.269. The van der Waals surface area contributed by atoms with Crippen LogP contribution in [0.25, 0.3) is 0 Å². The van der Waals surface area contributed by atoms with E-state index in [1.807, 2.05) is 13.8 Å². The Morgan fingerprint density at radius 2 is 1.73 bits per heavy atom. The molecule has 5 heteroatoms. The average Bonchev–Trinajstić information content (AvgIpc) is 2.52. The zero-order chi connectivity index (χ0) is 16.3. The topological polar surface area (TPSA) is 44.8 Å². The molecule has 0 aromatic rings. The zero-order valence-electron chi connectivity index (χ0n) is 14.5. The van der Waals surface area contributed by atoms with Gasteiger partial charge in [-0.3, -0.25) is 13.6 Å². The summed E-state index contributed by atoms with van der Waals surface area (Å²) in [6, 6.07) is 0. The van der Waals surface area contributed by atoms with E-state index in [9.17, 15) is 4.57 Å². The number of hydrogen-bond donors (Lipinski definition) is 0. The summed E-state index contributed by atoms with van der Waals surface area (Å²) in [5, 5.41) is 0. The number of phosphoric acid groups is 1. The Balaban J connectivity index is 2.73. The van der Waals surface area contributed by atoms with Crippen molar-refractivity contribution >= 4 is 7.82 Å². The van der Waals surface area contributed by atoms with Gasteiger partial charge in [0.15, 0.2) is 0 Å². The lowest BCUT2D eigenvalue weighted by Gasteiger charge is -2.30. The van der Waals surface area contributed by atoms with Gasteiger partial charge in [-0.2, -0.15) is 0 Å². The Kier molecular flexibility index (Phi) is 10.3. The first-order chi connectivity index (χ1) is 10.6. The number of phosphoric ester groups is 1. The van der Waals surface area contributed by atoms with Crippen LogP contribution in [0.2, 0.25) is 0 Å². The van der Waals surface area contributed by atoms with Gasteiger partial charge in [-0.15, -0.1) is 0 Å². The molecular formula is C17H33O4P. The van der Waals surface area contributed by atoms with Crippen molar-refractivity contribution in [2.75, 3.05) is 13.2 Å². The molecule has 0 unspecified atom stereocenters. The van der Waals surface area contributed by atoms with Gasteiger partial charge in [0, 0.05) is 0 Å². The number of rotatable bonds is 11. The summed E-state index contributed by atoms with van der Waals surface area (Å²) in [6.07, 6.45) is 13.4. The Bertz CT molecular complexity index is 341. The lowest BCUT2D eigenvalue weighted by atomic mass is 9.85. The molecule has 1 aliphatic rings. The molecule has 0 spiro atoms. The van der Waals surface area contributed by atoms with Gasteiger partial charge in [-0.1, -0.05) is 51.2 Å². The molecule has 1 rings (SSSR count). The molecule has 0 amide bonds. The monoisotopic (exact) mass is 332 g/mol. The molecular weight excluding hydrogens is 299 g/mol. The minimum Gasteiger partial charge on any atom is -0.287 e. The van der Waals surface area contributed by atoms with E-state index in [2.05, 4.69) is 19.1 Å². The molecule has 0 aromatic heterocycles. The Morgan fingerprint density at radius 3 is 2.27 bits per heavy atom. The van der Waals surface area contributed by atoms with Crippen LogP contribution in [0, 0.1) is 5.92 Å². The van der Waals surface area contributed by atoms with Crippen molar-refractivity contribution in [3.05, 3.63) is 12.2 Å². The first kappa shape index (κ1) is 19.9. The van der Waals surface area contributed by atoms with E-state index in [4.69, 9.17) is 13.6 Å². The largest absolute Gasteiger partial charge is 0.475 e. The first-order valence-electron chi connectivity index (χ1n) is 8.89. The highest BCUT2D eigenvalue weighted by atomic mass is 31.2. The van der Waals surface area contributed by atoms with Crippen molar-refractivity contribution in [3.63, 3.8) is 0 Å². The maximum atomic E-state index is 12.7. The van der Waals surface area contributed by atoms with Crippen LogP contribution in [0.15, 0.2) is 12.2 Å². The van der Waals surface area contributed by atoms with Gasteiger partial charge in [0.25, 0.3) is 0 Å². The second-order valence-electron chi connectivity index (χ2n) is 5.82. The molecule has 130 valence electrons. The van der Waals surface area contributed by atoms with Crippen LogP contribution in [0.4, 0.5) is 0 Å². The summed E-state index contributed by atoms with van der Waals surface area (Å²) in [5.74, 6) is 0.417. The van der Waals surface area contributed by atoms with Crippen LogP contribution >= 0.6 is 7.82 Å². The Morgan fingerprint density at radius 1 is 1.09 bits per heavy atom. The second-order valence-corrected chi connectivity index (χ2v) is 7.44. The highest BCUT2D eigenvalue weighted by Crippen LogP contribution is 2.52. The molecule has 1 fully saturated rings. The molecule has 0 radical (unpaired) electrons. The summed E-state index contributed by atoms with van der Waals surface area (Å²) in [5.41, 5.74) is 0. The Hall–Kier alpha value is -0.150. The maximum Gasteiger partial charge on any atom is 0.475 e. The van der Waals surface area contributed by atoms with Crippen molar-refractivity contribution in [2.45, 2.75) is 78.2 Å². The molecule has 0 bridgehead atoms. The van der Waals surface area contributed by atoms with Crippen LogP contribution in [0.3, 0.4) is 0 Å². The van der Waals surface area contributed by atoms with Crippen LogP contribution < -0.4 is 0 Å². The van der Waals surface area contributed by atoms with Gasteiger partial charge >= 0.3 is 7.82 Å². The standard InChI is InChI=1S/C17H33O4P/c1-4-7-8-12-15-17(16-13-10-9-11-14-16)21-22(18,19-5-2)20-6-3/h12,15-17H,4-11,13-14H2,1-3H3/b15-12+/t17-/m0/s1. The first-order valence-corrected chi connectivity index (χ1v) is 10.4. The van der Waals surface area contributed by atoms with E-state index < -0.39 is 7.82 Å². The fourth-order valence-corrected chi connectivity index (χ4v) is 4.23. The van der Waals surface area contributed by atoms with Gasteiger partial charge < -0.3 is 0 Å². The molecule has 0 saturated heterocycles. The predicted octanol–water partition coefficient (Wildman–Crippen LogP) is 5.88. The van der Waals surface area contributed by atoms with E-state index >= 15 is 0 Å². The fourth-order valence-electron chi connectivity index (χ4n) is 2.86. The normalized spacial score (nSPS) is 18.9. The van der Waals surface area contributed by atoms with Crippen molar-refractivity contribution in [1.82, 2.24) is 0 Å². The van der Waals surface area contributed by atoms with E-state index in [0.717, 1.165) is 19.3 Å².